The molecule has 5 nitrogen and oxygen atoms in total. The van der Waals surface area contributed by atoms with Gasteiger partial charge in [0, 0.05) is 29.5 Å². The molecule has 3 aromatic rings. The van der Waals surface area contributed by atoms with Crippen molar-refractivity contribution in [2.75, 3.05) is 7.11 Å². The van der Waals surface area contributed by atoms with Crippen LogP contribution in [0.3, 0.4) is 0 Å². The standard InChI is InChI=1S/C19H17ClF3N3O2/c1-10(28-3)9-26-17-16(25-11(2)18(26)27)14(6-7-24-17)13-5-4-12(8-15(13)20)19(21,22)23/h4-8,10H,9H2,1-3H3. The number of ether oxygens (including phenoxy) is 1. The van der Waals surface area contributed by atoms with E-state index in [0.717, 1.165) is 12.1 Å². The summed E-state index contributed by atoms with van der Waals surface area (Å²) in [5.74, 6) is 0. The number of pyridine rings is 1. The summed E-state index contributed by atoms with van der Waals surface area (Å²) in [6.07, 6.45) is -3.27. The highest BCUT2D eigenvalue weighted by Gasteiger charge is 2.31. The molecule has 1 aromatic carbocycles. The molecule has 0 aliphatic heterocycles. The van der Waals surface area contributed by atoms with E-state index in [1.165, 1.54) is 23.9 Å². The van der Waals surface area contributed by atoms with Crippen molar-refractivity contribution < 1.29 is 17.9 Å². The average molecular weight is 412 g/mol. The Morgan fingerprint density at radius 2 is 1.96 bits per heavy atom. The Labute approximate surface area is 163 Å². The van der Waals surface area contributed by atoms with Gasteiger partial charge in [-0.05, 0) is 32.0 Å². The third kappa shape index (κ3) is 3.74. The highest BCUT2D eigenvalue weighted by atomic mass is 35.5. The van der Waals surface area contributed by atoms with E-state index < -0.39 is 11.7 Å². The second-order valence-electron chi connectivity index (χ2n) is 6.38. The van der Waals surface area contributed by atoms with Crippen LogP contribution in [0.1, 0.15) is 18.2 Å². The summed E-state index contributed by atoms with van der Waals surface area (Å²) in [7, 11) is 1.53. The molecule has 0 radical (unpaired) electrons. The van der Waals surface area contributed by atoms with E-state index in [4.69, 9.17) is 16.3 Å². The molecule has 148 valence electrons. The summed E-state index contributed by atoms with van der Waals surface area (Å²) in [5.41, 5.74) is 0.657. The van der Waals surface area contributed by atoms with Crippen molar-refractivity contribution in [3.8, 4) is 11.1 Å². The zero-order chi connectivity index (χ0) is 20.6. The highest BCUT2D eigenvalue weighted by molar-refractivity contribution is 6.33. The van der Waals surface area contributed by atoms with Crippen LogP contribution in [0.15, 0.2) is 35.3 Å². The van der Waals surface area contributed by atoms with Crippen LogP contribution in [-0.2, 0) is 17.5 Å². The molecule has 28 heavy (non-hydrogen) atoms. The number of methoxy groups -OCH3 is 1. The first-order valence-electron chi connectivity index (χ1n) is 8.39. The lowest BCUT2D eigenvalue weighted by Gasteiger charge is -2.16. The van der Waals surface area contributed by atoms with Crippen molar-refractivity contribution in [1.82, 2.24) is 14.5 Å². The van der Waals surface area contributed by atoms with Crippen LogP contribution in [0.2, 0.25) is 5.02 Å². The van der Waals surface area contributed by atoms with Crippen LogP contribution in [0, 0.1) is 6.92 Å². The quantitative estimate of drug-likeness (QED) is 0.635. The van der Waals surface area contributed by atoms with Gasteiger partial charge in [0.2, 0.25) is 0 Å². The van der Waals surface area contributed by atoms with Crippen molar-refractivity contribution in [1.29, 1.82) is 0 Å². The largest absolute Gasteiger partial charge is 0.416 e. The zero-order valence-electron chi connectivity index (χ0n) is 15.3. The number of aryl methyl sites for hydroxylation is 1. The van der Waals surface area contributed by atoms with E-state index in [0.29, 0.717) is 22.3 Å². The number of nitrogens with zero attached hydrogens (tertiary/aromatic N) is 3. The maximum Gasteiger partial charge on any atom is 0.416 e. The van der Waals surface area contributed by atoms with Gasteiger partial charge in [-0.15, -0.1) is 0 Å². The number of hydrogen-bond acceptors (Lipinski definition) is 4. The van der Waals surface area contributed by atoms with Crippen LogP contribution in [0.5, 0.6) is 0 Å². The zero-order valence-corrected chi connectivity index (χ0v) is 16.1. The van der Waals surface area contributed by atoms with Crippen molar-refractivity contribution >= 4 is 22.8 Å². The third-order valence-corrected chi connectivity index (χ3v) is 4.74. The minimum Gasteiger partial charge on any atom is -0.380 e. The molecular weight excluding hydrogens is 395 g/mol. The molecule has 3 rings (SSSR count). The van der Waals surface area contributed by atoms with Gasteiger partial charge in [-0.1, -0.05) is 17.7 Å². The molecule has 0 fully saturated rings. The molecule has 0 aliphatic carbocycles. The first kappa shape index (κ1) is 20.3. The molecule has 0 spiro atoms. The second kappa shape index (κ2) is 7.52. The van der Waals surface area contributed by atoms with Crippen molar-refractivity contribution in [2.45, 2.75) is 32.7 Å². The molecule has 1 atom stereocenters. The number of hydrogen-bond donors (Lipinski definition) is 0. The smallest absolute Gasteiger partial charge is 0.380 e. The molecule has 0 aliphatic rings. The van der Waals surface area contributed by atoms with Crippen LogP contribution < -0.4 is 5.56 Å². The van der Waals surface area contributed by atoms with Gasteiger partial charge in [-0.2, -0.15) is 13.2 Å². The minimum atomic E-state index is -4.49. The van der Waals surface area contributed by atoms with Crippen molar-refractivity contribution in [3.63, 3.8) is 0 Å². The fraction of sp³-hybridized carbons (Fsp3) is 0.316. The molecule has 2 heterocycles. The van der Waals surface area contributed by atoms with Crippen LogP contribution in [-0.4, -0.2) is 27.7 Å². The van der Waals surface area contributed by atoms with E-state index in [2.05, 4.69) is 9.97 Å². The van der Waals surface area contributed by atoms with Crippen LogP contribution in [0.4, 0.5) is 13.2 Å². The number of alkyl halides is 3. The molecule has 2 aromatic heterocycles. The molecular formula is C19H17ClF3N3O2. The summed E-state index contributed by atoms with van der Waals surface area (Å²) in [6.45, 7) is 3.64. The normalized spacial score (nSPS) is 13.1. The van der Waals surface area contributed by atoms with Gasteiger partial charge in [-0.3, -0.25) is 9.36 Å². The maximum absolute atomic E-state index is 12.9. The van der Waals surface area contributed by atoms with Crippen LogP contribution >= 0.6 is 11.6 Å². The number of aromatic nitrogens is 3. The predicted octanol–water partition coefficient (Wildman–Crippen LogP) is 4.47. The summed E-state index contributed by atoms with van der Waals surface area (Å²) in [5, 5.41) is -0.0650. The topological polar surface area (TPSA) is 57.0 Å². The minimum absolute atomic E-state index is 0.0650. The summed E-state index contributed by atoms with van der Waals surface area (Å²) >= 11 is 6.15. The number of benzene rings is 1. The first-order valence-corrected chi connectivity index (χ1v) is 8.77. The Kier molecular flexibility index (Phi) is 5.45. The Morgan fingerprint density at radius 3 is 2.57 bits per heavy atom. The summed E-state index contributed by atoms with van der Waals surface area (Å²) in [4.78, 5) is 21.2. The molecule has 1 unspecified atom stereocenters. The van der Waals surface area contributed by atoms with Gasteiger partial charge in [0.05, 0.1) is 18.2 Å². The Hall–Kier alpha value is -2.45. The van der Waals surface area contributed by atoms with Gasteiger partial charge in [-0.25, -0.2) is 9.97 Å². The van der Waals surface area contributed by atoms with Gasteiger partial charge in [0.15, 0.2) is 5.65 Å². The van der Waals surface area contributed by atoms with Gasteiger partial charge in [0.1, 0.15) is 11.2 Å². The summed E-state index contributed by atoms with van der Waals surface area (Å²) < 4.78 is 45.5. The number of rotatable bonds is 4. The van der Waals surface area contributed by atoms with E-state index in [-0.39, 0.29) is 28.9 Å². The molecule has 9 heteroatoms. The van der Waals surface area contributed by atoms with Crippen molar-refractivity contribution in [3.05, 3.63) is 57.1 Å². The van der Waals surface area contributed by atoms with E-state index in [1.54, 1.807) is 13.0 Å². The number of fused-ring (bicyclic) bond motifs is 1. The lowest BCUT2D eigenvalue weighted by molar-refractivity contribution is -0.137. The second-order valence-corrected chi connectivity index (χ2v) is 6.79. The highest BCUT2D eigenvalue weighted by Crippen LogP contribution is 2.37. The van der Waals surface area contributed by atoms with Gasteiger partial charge in [0.25, 0.3) is 5.56 Å². The number of halogens is 4. The Balaban J connectivity index is 2.25. The molecule has 0 saturated carbocycles. The monoisotopic (exact) mass is 411 g/mol. The van der Waals surface area contributed by atoms with E-state index in [9.17, 15) is 18.0 Å². The predicted molar refractivity (Wildman–Crippen MR) is 100 cm³/mol. The maximum atomic E-state index is 12.9. The van der Waals surface area contributed by atoms with Gasteiger partial charge >= 0.3 is 6.18 Å². The van der Waals surface area contributed by atoms with Gasteiger partial charge < -0.3 is 4.74 Å². The van der Waals surface area contributed by atoms with Crippen molar-refractivity contribution in [2.24, 2.45) is 0 Å². The molecule has 0 N–H and O–H groups in total. The van der Waals surface area contributed by atoms with E-state index >= 15 is 0 Å². The average Bonchev–Trinajstić information content (AvgIpc) is 2.64. The lowest BCUT2D eigenvalue weighted by atomic mass is 10.0. The summed E-state index contributed by atoms with van der Waals surface area (Å²) in [6, 6.07) is 4.74. The van der Waals surface area contributed by atoms with E-state index in [1.807, 2.05) is 6.92 Å². The fourth-order valence-electron chi connectivity index (χ4n) is 2.89. The Morgan fingerprint density at radius 1 is 1.25 bits per heavy atom. The molecule has 0 bridgehead atoms. The van der Waals surface area contributed by atoms with Crippen LogP contribution in [0.25, 0.3) is 22.3 Å². The molecule has 0 amide bonds. The first-order chi connectivity index (χ1) is 13.1. The third-order valence-electron chi connectivity index (χ3n) is 4.42. The SMILES string of the molecule is COC(C)Cn1c(=O)c(C)nc2c(-c3ccc(C(F)(F)F)cc3Cl)ccnc21. The Bertz CT molecular complexity index is 1100. The fourth-order valence-corrected chi connectivity index (χ4v) is 3.17. The lowest BCUT2D eigenvalue weighted by Crippen LogP contribution is -2.29. The molecule has 0 saturated heterocycles.